The Morgan fingerprint density at radius 2 is 2.07 bits per heavy atom. The smallest absolute Gasteiger partial charge is 0.240 e. The third-order valence-corrected chi connectivity index (χ3v) is 6.63. The standard InChI is InChI=1S/C19H24N4O4S/c1-2-10-20-18(24)9-8-15-12-21-19(25)17-11-14(13-23(15)17)22-28(26,27)16-6-4-3-5-7-16/h1,3-7,14-15,17,22H,8-13H2,(H,20,24)(H,21,25). The number of rotatable bonds is 7. The minimum atomic E-state index is -3.65. The molecule has 0 aromatic heterocycles. The van der Waals surface area contributed by atoms with E-state index in [9.17, 15) is 18.0 Å². The predicted molar refractivity (Wildman–Crippen MR) is 104 cm³/mol. The molecule has 2 amide bonds. The number of nitrogens with one attached hydrogen (secondary N) is 3. The van der Waals surface area contributed by atoms with E-state index in [4.69, 9.17) is 6.42 Å². The summed E-state index contributed by atoms with van der Waals surface area (Å²) in [5.74, 6) is 2.12. The van der Waals surface area contributed by atoms with Crippen molar-refractivity contribution in [3.8, 4) is 12.3 Å². The predicted octanol–water partition coefficient (Wildman–Crippen LogP) is -0.564. The molecule has 3 rings (SSSR count). The average Bonchev–Trinajstić information content (AvgIpc) is 3.10. The molecule has 1 aromatic carbocycles. The molecule has 2 fully saturated rings. The Morgan fingerprint density at radius 3 is 2.79 bits per heavy atom. The summed E-state index contributed by atoms with van der Waals surface area (Å²) >= 11 is 0. The lowest BCUT2D eigenvalue weighted by molar-refractivity contribution is -0.129. The maximum absolute atomic E-state index is 12.6. The second kappa shape index (κ2) is 8.73. The number of hydrogen-bond acceptors (Lipinski definition) is 5. The van der Waals surface area contributed by atoms with E-state index in [1.54, 1.807) is 18.2 Å². The number of carbonyl (C=O) groups excluding carboxylic acids is 2. The SMILES string of the molecule is C#CCNC(=O)CCC1CNC(=O)C2CC(NS(=O)(=O)c3ccccc3)CN12. The zero-order chi connectivity index (χ0) is 20.1. The minimum Gasteiger partial charge on any atom is -0.353 e. The first-order valence-electron chi connectivity index (χ1n) is 9.21. The highest BCUT2D eigenvalue weighted by atomic mass is 32.2. The number of fused-ring (bicyclic) bond motifs is 1. The molecule has 3 atom stereocenters. The van der Waals surface area contributed by atoms with Gasteiger partial charge in [-0.3, -0.25) is 14.5 Å². The van der Waals surface area contributed by atoms with Crippen molar-refractivity contribution < 1.29 is 18.0 Å². The number of carbonyl (C=O) groups is 2. The summed E-state index contributed by atoms with van der Waals surface area (Å²) in [4.78, 5) is 26.3. The molecule has 2 aliphatic heterocycles. The molecule has 0 radical (unpaired) electrons. The van der Waals surface area contributed by atoms with Gasteiger partial charge in [-0.05, 0) is 25.0 Å². The molecule has 0 saturated carbocycles. The summed E-state index contributed by atoms with van der Waals surface area (Å²) in [7, 11) is -3.65. The van der Waals surface area contributed by atoms with Crippen molar-refractivity contribution in [2.24, 2.45) is 0 Å². The van der Waals surface area contributed by atoms with Gasteiger partial charge < -0.3 is 10.6 Å². The van der Waals surface area contributed by atoms with Crippen molar-refractivity contribution in [3.05, 3.63) is 30.3 Å². The van der Waals surface area contributed by atoms with Crippen molar-refractivity contribution in [2.45, 2.75) is 42.3 Å². The van der Waals surface area contributed by atoms with Gasteiger partial charge in [0.15, 0.2) is 0 Å². The van der Waals surface area contributed by atoms with Crippen LogP contribution in [0.1, 0.15) is 19.3 Å². The molecule has 150 valence electrons. The minimum absolute atomic E-state index is 0.0227. The quantitative estimate of drug-likeness (QED) is 0.528. The van der Waals surface area contributed by atoms with Crippen LogP contribution in [0.15, 0.2) is 35.2 Å². The van der Waals surface area contributed by atoms with E-state index in [1.807, 2.05) is 4.90 Å². The van der Waals surface area contributed by atoms with Gasteiger partial charge in [0, 0.05) is 31.6 Å². The third kappa shape index (κ3) is 4.70. The zero-order valence-corrected chi connectivity index (χ0v) is 16.2. The van der Waals surface area contributed by atoms with E-state index in [2.05, 4.69) is 21.3 Å². The fourth-order valence-electron chi connectivity index (χ4n) is 3.75. The van der Waals surface area contributed by atoms with Crippen LogP contribution in [-0.4, -0.2) is 62.9 Å². The molecule has 28 heavy (non-hydrogen) atoms. The summed E-state index contributed by atoms with van der Waals surface area (Å²) in [5.41, 5.74) is 0. The Balaban J connectivity index is 1.62. The maximum Gasteiger partial charge on any atom is 0.240 e. The molecule has 8 nitrogen and oxygen atoms in total. The average molecular weight is 404 g/mol. The number of benzene rings is 1. The first kappa shape index (κ1) is 20.3. The van der Waals surface area contributed by atoms with Crippen LogP contribution in [0, 0.1) is 12.3 Å². The van der Waals surface area contributed by atoms with Gasteiger partial charge in [0.25, 0.3) is 0 Å². The zero-order valence-electron chi connectivity index (χ0n) is 15.4. The monoisotopic (exact) mass is 404 g/mol. The first-order chi connectivity index (χ1) is 13.4. The highest BCUT2D eigenvalue weighted by molar-refractivity contribution is 7.89. The van der Waals surface area contributed by atoms with Gasteiger partial charge in [-0.1, -0.05) is 24.1 Å². The molecule has 2 saturated heterocycles. The second-order valence-electron chi connectivity index (χ2n) is 7.00. The summed E-state index contributed by atoms with van der Waals surface area (Å²) in [5, 5.41) is 5.49. The molecular weight excluding hydrogens is 380 g/mol. The Kier molecular flexibility index (Phi) is 6.34. The van der Waals surface area contributed by atoms with Crippen LogP contribution < -0.4 is 15.4 Å². The third-order valence-electron chi connectivity index (χ3n) is 5.09. The van der Waals surface area contributed by atoms with E-state index in [0.29, 0.717) is 32.4 Å². The van der Waals surface area contributed by atoms with Crippen molar-refractivity contribution in [3.63, 3.8) is 0 Å². The van der Waals surface area contributed by atoms with Crippen LogP contribution in [0.25, 0.3) is 0 Å². The lowest BCUT2D eigenvalue weighted by Crippen LogP contribution is -2.58. The highest BCUT2D eigenvalue weighted by Gasteiger charge is 2.44. The molecule has 0 bridgehead atoms. The fraction of sp³-hybridized carbons (Fsp3) is 0.474. The molecule has 1 aromatic rings. The van der Waals surface area contributed by atoms with Crippen molar-refractivity contribution in [1.82, 2.24) is 20.3 Å². The largest absolute Gasteiger partial charge is 0.353 e. The number of amides is 2. The molecule has 2 heterocycles. The van der Waals surface area contributed by atoms with Crippen molar-refractivity contribution in [2.75, 3.05) is 19.6 Å². The van der Waals surface area contributed by atoms with Crippen LogP contribution in [0.4, 0.5) is 0 Å². The first-order valence-corrected chi connectivity index (χ1v) is 10.7. The van der Waals surface area contributed by atoms with Crippen LogP contribution in [0.5, 0.6) is 0 Å². The van der Waals surface area contributed by atoms with E-state index < -0.39 is 16.1 Å². The lowest BCUT2D eigenvalue weighted by atomic mass is 10.0. The molecule has 0 aliphatic carbocycles. The molecule has 2 aliphatic rings. The summed E-state index contributed by atoms with van der Waals surface area (Å²) in [6.45, 7) is 1.06. The van der Waals surface area contributed by atoms with Gasteiger partial charge >= 0.3 is 0 Å². The Morgan fingerprint density at radius 1 is 1.32 bits per heavy atom. The number of terminal acetylenes is 1. The summed E-state index contributed by atoms with van der Waals surface area (Å²) in [6, 6.07) is 7.38. The summed E-state index contributed by atoms with van der Waals surface area (Å²) in [6.07, 6.45) is 6.39. The Labute approximate surface area is 165 Å². The Hall–Kier alpha value is -2.41. The number of nitrogens with zero attached hydrogens (tertiary/aromatic N) is 1. The van der Waals surface area contributed by atoms with Gasteiger partial charge in [-0.15, -0.1) is 6.42 Å². The van der Waals surface area contributed by atoms with Crippen LogP contribution in [0.2, 0.25) is 0 Å². The second-order valence-corrected chi connectivity index (χ2v) is 8.71. The fourth-order valence-corrected chi connectivity index (χ4v) is 5.01. The molecule has 0 spiro atoms. The van der Waals surface area contributed by atoms with E-state index in [0.717, 1.165) is 0 Å². The lowest BCUT2D eigenvalue weighted by Gasteiger charge is -2.37. The molecule has 9 heteroatoms. The van der Waals surface area contributed by atoms with Crippen molar-refractivity contribution >= 4 is 21.8 Å². The number of piperazine rings is 1. The maximum atomic E-state index is 12.6. The Bertz CT molecular complexity index is 866. The normalized spacial score (nSPS) is 24.8. The number of sulfonamides is 1. The van der Waals surface area contributed by atoms with Gasteiger partial charge in [-0.25, -0.2) is 13.1 Å². The highest BCUT2D eigenvalue weighted by Crippen LogP contribution is 2.26. The van der Waals surface area contributed by atoms with E-state index >= 15 is 0 Å². The van der Waals surface area contributed by atoms with E-state index in [1.165, 1.54) is 12.1 Å². The van der Waals surface area contributed by atoms with E-state index in [-0.39, 0.29) is 35.3 Å². The van der Waals surface area contributed by atoms with Gasteiger partial charge in [0.2, 0.25) is 21.8 Å². The van der Waals surface area contributed by atoms with Gasteiger partial charge in [-0.2, -0.15) is 0 Å². The van der Waals surface area contributed by atoms with Crippen LogP contribution in [0.3, 0.4) is 0 Å². The topological polar surface area (TPSA) is 108 Å². The van der Waals surface area contributed by atoms with Crippen molar-refractivity contribution in [1.29, 1.82) is 0 Å². The molecule has 3 N–H and O–H groups in total. The molecular formula is C19H24N4O4S. The van der Waals surface area contributed by atoms with Gasteiger partial charge in [0.05, 0.1) is 17.5 Å². The number of hydrogen-bond donors (Lipinski definition) is 3. The van der Waals surface area contributed by atoms with Crippen LogP contribution >= 0.6 is 0 Å². The summed E-state index contributed by atoms with van der Waals surface area (Å²) < 4.78 is 27.9. The van der Waals surface area contributed by atoms with Gasteiger partial charge in [0.1, 0.15) is 0 Å². The molecule has 3 unspecified atom stereocenters. The van der Waals surface area contributed by atoms with Crippen LogP contribution in [-0.2, 0) is 19.6 Å².